The van der Waals surface area contributed by atoms with Crippen LogP contribution in [0.15, 0.2) is 42.5 Å². The number of carbonyl (C=O) groups excluding carboxylic acids is 2. The van der Waals surface area contributed by atoms with E-state index >= 15 is 0 Å². The molecule has 0 spiro atoms. The zero-order chi connectivity index (χ0) is 16.1. The molecule has 0 heterocycles. The van der Waals surface area contributed by atoms with Crippen LogP contribution in [0.25, 0.3) is 0 Å². The lowest BCUT2D eigenvalue weighted by molar-refractivity contribution is -0.162. The average molecular weight is 302 g/mol. The summed E-state index contributed by atoms with van der Waals surface area (Å²) in [6.07, 6.45) is 3.09. The molecule has 118 valence electrons. The third kappa shape index (κ3) is 3.63. The van der Waals surface area contributed by atoms with Crippen LogP contribution in [0.1, 0.15) is 31.9 Å². The van der Waals surface area contributed by atoms with E-state index in [0.717, 1.165) is 5.56 Å². The summed E-state index contributed by atoms with van der Waals surface area (Å²) < 4.78 is 10.8. The van der Waals surface area contributed by atoms with Crippen molar-refractivity contribution < 1.29 is 19.1 Å². The SMILES string of the molecule is CO[C@H](C(=O)O[C@@H]1C=CC[C@@H](C)C(=O)[C@H]1C)c1ccccc1. The number of allylic oxidation sites excluding steroid dienone is 1. The molecule has 1 aliphatic rings. The quantitative estimate of drug-likeness (QED) is 0.633. The monoisotopic (exact) mass is 302 g/mol. The highest BCUT2D eigenvalue weighted by Crippen LogP contribution is 2.25. The van der Waals surface area contributed by atoms with E-state index in [0.29, 0.717) is 6.42 Å². The predicted octanol–water partition coefficient (Wildman–Crippen LogP) is 3.09. The fourth-order valence-electron chi connectivity index (χ4n) is 2.64. The lowest BCUT2D eigenvalue weighted by Gasteiger charge is -2.23. The molecule has 0 bridgehead atoms. The zero-order valence-electron chi connectivity index (χ0n) is 13.2. The van der Waals surface area contributed by atoms with Gasteiger partial charge in [-0.25, -0.2) is 4.79 Å². The summed E-state index contributed by atoms with van der Waals surface area (Å²) in [7, 11) is 1.47. The molecular formula is C18H22O4. The number of hydrogen-bond donors (Lipinski definition) is 0. The normalized spacial score (nSPS) is 26.3. The molecule has 0 saturated heterocycles. The highest BCUT2D eigenvalue weighted by atomic mass is 16.6. The van der Waals surface area contributed by atoms with E-state index in [1.165, 1.54) is 7.11 Å². The maximum absolute atomic E-state index is 12.4. The van der Waals surface area contributed by atoms with Crippen molar-refractivity contribution >= 4 is 11.8 Å². The molecule has 1 aliphatic carbocycles. The highest BCUT2D eigenvalue weighted by molar-refractivity contribution is 5.85. The number of esters is 1. The van der Waals surface area contributed by atoms with Crippen molar-refractivity contribution in [1.82, 2.24) is 0 Å². The largest absolute Gasteiger partial charge is 0.455 e. The molecule has 4 heteroatoms. The van der Waals surface area contributed by atoms with E-state index < -0.39 is 18.2 Å². The summed E-state index contributed by atoms with van der Waals surface area (Å²) in [6, 6.07) is 9.18. The van der Waals surface area contributed by atoms with Gasteiger partial charge in [0.05, 0.1) is 5.92 Å². The van der Waals surface area contributed by atoms with Crippen LogP contribution >= 0.6 is 0 Å². The Morgan fingerprint density at radius 2 is 1.91 bits per heavy atom. The van der Waals surface area contributed by atoms with Crippen LogP contribution in [0.3, 0.4) is 0 Å². The molecule has 0 saturated carbocycles. The Morgan fingerprint density at radius 3 is 2.55 bits per heavy atom. The number of ether oxygens (including phenoxy) is 2. The van der Waals surface area contributed by atoms with Crippen molar-refractivity contribution in [3.8, 4) is 0 Å². The predicted molar refractivity (Wildman–Crippen MR) is 83.2 cm³/mol. The Morgan fingerprint density at radius 1 is 1.23 bits per heavy atom. The Kier molecular flexibility index (Phi) is 5.50. The Bertz CT molecular complexity index is 549. The summed E-state index contributed by atoms with van der Waals surface area (Å²) in [5.74, 6) is -0.734. The van der Waals surface area contributed by atoms with Gasteiger partial charge >= 0.3 is 5.97 Å². The van der Waals surface area contributed by atoms with Crippen molar-refractivity contribution in [2.75, 3.05) is 7.11 Å². The summed E-state index contributed by atoms with van der Waals surface area (Å²) in [4.78, 5) is 24.6. The van der Waals surface area contributed by atoms with Crippen LogP contribution in [0, 0.1) is 11.8 Å². The van der Waals surface area contributed by atoms with E-state index in [1.807, 2.05) is 49.4 Å². The van der Waals surface area contributed by atoms with Gasteiger partial charge in [0.2, 0.25) is 0 Å². The van der Waals surface area contributed by atoms with E-state index in [-0.39, 0.29) is 17.6 Å². The minimum absolute atomic E-state index is 0.0395. The first kappa shape index (κ1) is 16.4. The Hall–Kier alpha value is -1.94. The van der Waals surface area contributed by atoms with Crippen LogP contribution < -0.4 is 0 Å². The highest BCUT2D eigenvalue weighted by Gasteiger charge is 2.32. The van der Waals surface area contributed by atoms with Gasteiger partial charge in [-0.05, 0) is 18.1 Å². The first-order valence-electron chi connectivity index (χ1n) is 7.53. The fraction of sp³-hybridized carbons (Fsp3) is 0.444. The minimum atomic E-state index is -0.780. The third-order valence-corrected chi connectivity index (χ3v) is 4.05. The molecule has 0 N–H and O–H groups in total. The number of benzene rings is 1. The summed E-state index contributed by atoms with van der Waals surface area (Å²) >= 11 is 0. The number of rotatable bonds is 4. The second-order valence-corrected chi connectivity index (χ2v) is 5.68. The number of carbonyl (C=O) groups is 2. The van der Waals surface area contributed by atoms with Crippen molar-refractivity contribution in [3.63, 3.8) is 0 Å². The molecule has 0 radical (unpaired) electrons. The van der Waals surface area contributed by atoms with Crippen molar-refractivity contribution in [1.29, 1.82) is 0 Å². The van der Waals surface area contributed by atoms with E-state index in [2.05, 4.69) is 0 Å². The molecule has 0 aromatic heterocycles. The number of hydrogen-bond acceptors (Lipinski definition) is 4. The maximum Gasteiger partial charge on any atom is 0.340 e. The molecule has 0 fully saturated rings. The van der Waals surface area contributed by atoms with Gasteiger partial charge in [0.15, 0.2) is 6.10 Å². The van der Waals surface area contributed by atoms with Gasteiger partial charge in [0.1, 0.15) is 11.9 Å². The fourth-order valence-corrected chi connectivity index (χ4v) is 2.64. The van der Waals surface area contributed by atoms with E-state index in [9.17, 15) is 9.59 Å². The molecule has 22 heavy (non-hydrogen) atoms. The van der Waals surface area contributed by atoms with Gasteiger partial charge in [-0.2, -0.15) is 0 Å². The second-order valence-electron chi connectivity index (χ2n) is 5.68. The molecule has 0 unspecified atom stereocenters. The molecule has 4 atom stereocenters. The van der Waals surface area contributed by atoms with E-state index in [1.54, 1.807) is 6.92 Å². The summed E-state index contributed by atoms with van der Waals surface area (Å²) in [6.45, 7) is 3.70. The molecule has 4 nitrogen and oxygen atoms in total. The first-order chi connectivity index (χ1) is 10.5. The van der Waals surface area contributed by atoms with Crippen molar-refractivity contribution in [2.24, 2.45) is 11.8 Å². The molecule has 0 amide bonds. The molecule has 2 rings (SSSR count). The van der Waals surface area contributed by atoms with Crippen LogP contribution in [-0.2, 0) is 19.1 Å². The van der Waals surface area contributed by atoms with Gasteiger partial charge in [-0.1, -0.05) is 50.3 Å². The minimum Gasteiger partial charge on any atom is -0.455 e. The topological polar surface area (TPSA) is 52.6 Å². The van der Waals surface area contributed by atoms with Crippen LogP contribution in [0.2, 0.25) is 0 Å². The zero-order valence-corrected chi connectivity index (χ0v) is 13.2. The van der Waals surface area contributed by atoms with Gasteiger partial charge < -0.3 is 9.47 Å². The summed E-state index contributed by atoms with van der Waals surface area (Å²) in [5, 5.41) is 0. The van der Waals surface area contributed by atoms with Crippen LogP contribution in [0.5, 0.6) is 0 Å². The standard InChI is InChI=1S/C18H22O4/c1-12-8-7-11-15(13(2)16(12)19)22-18(20)17(21-3)14-9-5-4-6-10-14/h4-7,9-13,15,17H,8H2,1-3H3/t12-,13+,15-,17+/m1/s1. The average Bonchev–Trinajstić information content (AvgIpc) is 2.64. The lowest BCUT2D eigenvalue weighted by atomic mass is 9.92. The summed E-state index contributed by atoms with van der Waals surface area (Å²) in [5.41, 5.74) is 0.736. The Labute approximate surface area is 131 Å². The third-order valence-electron chi connectivity index (χ3n) is 4.05. The molecule has 1 aromatic carbocycles. The lowest BCUT2D eigenvalue weighted by Crippen LogP contribution is -2.32. The number of Topliss-reactive ketones (excluding diaryl/α,β-unsaturated/α-hetero) is 1. The van der Waals surface area contributed by atoms with Crippen LogP contribution in [-0.4, -0.2) is 25.0 Å². The van der Waals surface area contributed by atoms with Crippen molar-refractivity contribution in [3.05, 3.63) is 48.0 Å². The second kappa shape index (κ2) is 7.36. The first-order valence-corrected chi connectivity index (χ1v) is 7.53. The molecular weight excluding hydrogens is 280 g/mol. The number of methoxy groups -OCH3 is 1. The van der Waals surface area contributed by atoms with Gasteiger partial charge in [-0.15, -0.1) is 0 Å². The molecule has 0 aliphatic heterocycles. The number of ketones is 1. The van der Waals surface area contributed by atoms with E-state index in [4.69, 9.17) is 9.47 Å². The maximum atomic E-state index is 12.4. The van der Waals surface area contributed by atoms with Gasteiger partial charge in [-0.3, -0.25) is 4.79 Å². The van der Waals surface area contributed by atoms with Crippen molar-refractivity contribution in [2.45, 2.75) is 32.5 Å². The smallest absolute Gasteiger partial charge is 0.340 e. The molecule has 1 aromatic rings. The van der Waals surface area contributed by atoms with Gasteiger partial charge in [0, 0.05) is 13.0 Å². The van der Waals surface area contributed by atoms with Crippen LogP contribution in [0.4, 0.5) is 0 Å². The van der Waals surface area contributed by atoms with Gasteiger partial charge in [0.25, 0.3) is 0 Å². The Balaban J connectivity index is 2.11.